The predicted octanol–water partition coefficient (Wildman–Crippen LogP) is 2.34. The van der Waals surface area contributed by atoms with Gasteiger partial charge in [-0.1, -0.05) is 6.07 Å². The van der Waals surface area contributed by atoms with Crippen LogP contribution in [0.1, 0.15) is 36.8 Å². The number of sulfonamides is 1. The summed E-state index contributed by atoms with van der Waals surface area (Å²) in [4.78, 5) is 15.2. The molecule has 3 rings (SSSR count). The molecular weight excluding hydrogens is 398 g/mol. The molecule has 2 aliphatic heterocycles. The van der Waals surface area contributed by atoms with Gasteiger partial charge >= 0.3 is 0 Å². The van der Waals surface area contributed by atoms with E-state index in [0.29, 0.717) is 36.9 Å². The second-order valence-electron chi connectivity index (χ2n) is 7.84. The number of hydrogen-bond acceptors (Lipinski definition) is 4. The number of likely N-dealkylation sites (N-methyl/N-ethyl adjacent to an activating group) is 1. The molecule has 1 atom stereocenters. The maximum atomic E-state index is 12.9. The lowest BCUT2D eigenvalue weighted by atomic mass is 9.95. The topological polar surface area (TPSA) is 69.7 Å². The van der Waals surface area contributed by atoms with Crippen molar-refractivity contribution in [3.63, 3.8) is 0 Å². The monoisotopic (exact) mass is 429 g/mol. The summed E-state index contributed by atoms with van der Waals surface area (Å²) in [6.07, 6.45) is 3.33. The Labute approximate surface area is 175 Å². The Hall–Kier alpha value is -1.15. The fourth-order valence-corrected chi connectivity index (χ4v) is 5.59. The quantitative estimate of drug-likeness (QED) is 0.797. The van der Waals surface area contributed by atoms with Gasteiger partial charge in [0.2, 0.25) is 15.9 Å². The summed E-state index contributed by atoms with van der Waals surface area (Å²) in [5, 5.41) is 3.26. The van der Waals surface area contributed by atoms with Crippen molar-refractivity contribution in [2.45, 2.75) is 50.5 Å². The summed E-state index contributed by atoms with van der Waals surface area (Å²) in [7, 11) is -1.55. The zero-order chi connectivity index (χ0) is 19.6. The normalized spacial score (nSPS) is 22.0. The molecule has 6 nitrogen and oxygen atoms in total. The number of rotatable bonds is 4. The Morgan fingerprint density at radius 3 is 2.36 bits per heavy atom. The molecule has 158 valence electrons. The first-order chi connectivity index (χ1) is 12.8. The number of amides is 1. The highest BCUT2D eigenvalue weighted by Crippen LogP contribution is 2.27. The third-order valence-corrected chi connectivity index (χ3v) is 7.96. The second-order valence-corrected chi connectivity index (χ2v) is 9.77. The van der Waals surface area contributed by atoms with Gasteiger partial charge in [0, 0.05) is 38.1 Å². The Balaban J connectivity index is 0.00000280. The van der Waals surface area contributed by atoms with Crippen LogP contribution in [0.25, 0.3) is 0 Å². The van der Waals surface area contributed by atoms with E-state index in [1.54, 1.807) is 12.1 Å². The Morgan fingerprint density at radius 2 is 1.75 bits per heavy atom. The van der Waals surface area contributed by atoms with Gasteiger partial charge in [-0.2, -0.15) is 4.31 Å². The van der Waals surface area contributed by atoms with Gasteiger partial charge in [-0.25, -0.2) is 8.42 Å². The van der Waals surface area contributed by atoms with E-state index in [4.69, 9.17) is 0 Å². The van der Waals surface area contributed by atoms with Gasteiger partial charge < -0.3 is 10.2 Å². The first kappa shape index (κ1) is 23.1. The largest absolute Gasteiger partial charge is 0.341 e. The van der Waals surface area contributed by atoms with E-state index in [1.807, 2.05) is 31.9 Å². The van der Waals surface area contributed by atoms with Gasteiger partial charge in [-0.15, -0.1) is 12.4 Å². The SMILES string of the molecule is CNC1CCCN(C(=O)C2CCN(S(=O)(=O)c3ccc(C)c(C)c3)CC2)C1.Cl. The van der Waals surface area contributed by atoms with Gasteiger partial charge in [-0.3, -0.25) is 4.79 Å². The molecular formula is C20H32ClN3O3S. The van der Waals surface area contributed by atoms with Crippen molar-refractivity contribution in [2.24, 2.45) is 5.92 Å². The number of halogens is 1. The molecule has 28 heavy (non-hydrogen) atoms. The van der Waals surface area contributed by atoms with Crippen LogP contribution in [-0.4, -0.2) is 62.8 Å². The molecule has 1 unspecified atom stereocenters. The van der Waals surface area contributed by atoms with Crippen LogP contribution in [0.2, 0.25) is 0 Å². The molecule has 0 aliphatic carbocycles. The smallest absolute Gasteiger partial charge is 0.243 e. The van der Waals surface area contributed by atoms with Crippen LogP contribution in [0.3, 0.4) is 0 Å². The molecule has 0 radical (unpaired) electrons. The Kier molecular flexibility index (Phi) is 7.90. The Morgan fingerprint density at radius 1 is 1.07 bits per heavy atom. The van der Waals surface area contributed by atoms with Gasteiger partial charge in [0.15, 0.2) is 0 Å². The highest BCUT2D eigenvalue weighted by atomic mass is 35.5. The van der Waals surface area contributed by atoms with Crippen molar-refractivity contribution < 1.29 is 13.2 Å². The molecule has 0 bridgehead atoms. The van der Waals surface area contributed by atoms with Crippen molar-refractivity contribution >= 4 is 28.3 Å². The predicted molar refractivity (Wildman–Crippen MR) is 113 cm³/mol. The number of likely N-dealkylation sites (tertiary alicyclic amines) is 1. The summed E-state index contributed by atoms with van der Waals surface area (Å²) < 4.78 is 27.4. The lowest BCUT2D eigenvalue weighted by Crippen LogP contribution is -2.50. The third-order valence-electron chi connectivity index (χ3n) is 6.06. The van der Waals surface area contributed by atoms with Gasteiger partial charge in [0.1, 0.15) is 0 Å². The molecule has 1 amide bonds. The van der Waals surface area contributed by atoms with E-state index in [-0.39, 0.29) is 24.2 Å². The molecule has 8 heteroatoms. The molecule has 0 spiro atoms. The summed E-state index contributed by atoms with van der Waals surface area (Å²) in [5.74, 6) is 0.130. The van der Waals surface area contributed by atoms with E-state index in [2.05, 4.69) is 5.32 Å². The number of nitrogens with zero attached hydrogens (tertiary/aromatic N) is 2. The zero-order valence-electron chi connectivity index (χ0n) is 17.0. The van der Waals surface area contributed by atoms with Gasteiger partial charge in [0.25, 0.3) is 0 Å². The van der Waals surface area contributed by atoms with Crippen LogP contribution in [0.15, 0.2) is 23.1 Å². The average molecular weight is 430 g/mol. The summed E-state index contributed by atoms with van der Waals surface area (Å²) in [5.41, 5.74) is 2.06. The molecule has 2 heterocycles. The molecule has 0 aromatic heterocycles. The minimum Gasteiger partial charge on any atom is -0.341 e. The molecule has 2 fully saturated rings. The summed E-state index contributed by atoms with van der Waals surface area (Å²) in [6.45, 7) is 6.30. The molecule has 1 N–H and O–H groups in total. The minimum absolute atomic E-state index is 0. The number of hydrogen-bond donors (Lipinski definition) is 1. The zero-order valence-corrected chi connectivity index (χ0v) is 18.6. The standard InChI is InChI=1S/C20H31N3O3S.ClH/c1-15-6-7-19(13-16(15)2)27(25,26)23-11-8-17(9-12-23)20(24)22-10-4-5-18(14-22)21-3;/h6-7,13,17-18,21H,4-5,8-12,14H2,1-3H3;1H. The number of benzene rings is 1. The lowest BCUT2D eigenvalue weighted by molar-refractivity contribution is -0.138. The molecule has 1 aromatic carbocycles. The fourth-order valence-electron chi connectivity index (χ4n) is 4.04. The average Bonchev–Trinajstić information content (AvgIpc) is 2.69. The maximum Gasteiger partial charge on any atom is 0.243 e. The van der Waals surface area contributed by atoms with Gasteiger partial charge in [-0.05, 0) is 69.8 Å². The molecule has 2 aliphatic rings. The van der Waals surface area contributed by atoms with Crippen LogP contribution in [-0.2, 0) is 14.8 Å². The van der Waals surface area contributed by atoms with E-state index in [9.17, 15) is 13.2 Å². The number of piperidine rings is 2. The third kappa shape index (κ3) is 4.87. The van der Waals surface area contributed by atoms with Crippen LogP contribution in [0.4, 0.5) is 0 Å². The van der Waals surface area contributed by atoms with Crippen molar-refractivity contribution in [1.82, 2.24) is 14.5 Å². The highest BCUT2D eigenvalue weighted by molar-refractivity contribution is 7.89. The number of aryl methyl sites for hydroxylation is 2. The van der Waals surface area contributed by atoms with Crippen molar-refractivity contribution in [3.05, 3.63) is 29.3 Å². The van der Waals surface area contributed by atoms with Crippen LogP contribution in [0, 0.1) is 19.8 Å². The van der Waals surface area contributed by atoms with Crippen LogP contribution < -0.4 is 5.32 Å². The first-order valence-corrected chi connectivity index (χ1v) is 11.3. The van der Waals surface area contributed by atoms with Crippen LogP contribution in [0.5, 0.6) is 0 Å². The minimum atomic E-state index is -3.49. The van der Waals surface area contributed by atoms with Gasteiger partial charge in [0.05, 0.1) is 4.90 Å². The maximum absolute atomic E-state index is 12.9. The molecule has 0 saturated carbocycles. The van der Waals surface area contributed by atoms with E-state index in [1.165, 1.54) is 4.31 Å². The van der Waals surface area contributed by atoms with Crippen molar-refractivity contribution in [2.75, 3.05) is 33.2 Å². The number of nitrogens with one attached hydrogen (secondary N) is 1. The lowest BCUT2D eigenvalue weighted by Gasteiger charge is -2.37. The number of carbonyl (C=O) groups excluding carboxylic acids is 1. The highest BCUT2D eigenvalue weighted by Gasteiger charge is 2.35. The molecule has 2 saturated heterocycles. The Bertz CT molecular complexity index is 792. The number of carbonyl (C=O) groups is 1. The van der Waals surface area contributed by atoms with E-state index >= 15 is 0 Å². The second kappa shape index (κ2) is 9.57. The first-order valence-electron chi connectivity index (χ1n) is 9.86. The van der Waals surface area contributed by atoms with E-state index < -0.39 is 10.0 Å². The molecule has 1 aromatic rings. The summed E-state index contributed by atoms with van der Waals surface area (Å²) >= 11 is 0. The van der Waals surface area contributed by atoms with Crippen LogP contribution >= 0.6 is 12.4 Å². The van der Waals surface area contributed by atoms with E-state index in [0.717, 1.165) is 37.1 Å². The fraction of sp³-hybridized carbons (Fsp3) is 0.650. The van der Waals surface area contributed by atoms with Crippen molar-refractivity contribution in [1.29, 1.82) is 0 Å². The summed E-state index contributed by atoms with van der Waals surface area (Å²) in [6, 6.07) is 5.65. The van der Waals surface area contributed by atoms with Crippen molar-refractivity contribution in [3.8, 4) is 0 Å².